The van der Waals surface area contributed by atoms with E-state index in [1.807, 2.05) is 12.1 Å². The number of nitrogens with zero attached hydrogens (tertiary/aromatic N) is 1. The number of hydrogen-bond donors (Lipinski definition) is 0. The van der Waals surface area contributed by atoms with Crippen LogP contribution in [0.2, 0.25) is 0 Å². The second kappa shape index (κ2) is 4.81. The van der Waals surface area contributed by atoms with Crippen LogP contribution in [0.3, 0.4) is 0 Å². The first-order chi connectivity index (χ1) is 11.9. The first-order valence-corrected chi connectivity index (χ1v) is 8.03. The van der Waals surface area contributed by atoms with Gasteiger partial charge in [0, 0.05) is 5.39 Å². The lowest BCUT2D eigenvalue weighted by atomic mass is 9.91. The molecule has 0 heterocycles. The van der Waals surface area contributed by atoms with Crippen LogP contribution in [0.25, 0.3) is 43.1 Å². The molecule has 110 valence electrons. The van der Waals surface area contributed by atoms with E-state index in [1.54, 1.807) is 0 Å². The summed E-state index contributed by atoms with van der Waals surface area (Å²) in [5, 5.41) is 19.1. The zero-order chi connectivity index (χ0) is 16.1. The van der Waals surface area contributed by atoms with Crippen molar-refractivity contribution in [2.24, 2.45) is 0 Å². The second-order valence-electron chi connectivity index (χ2n) is 6.13. The molecule has 0 aliphatic heterocycles. The third-order valence-electron chi connectivity index (χ3n) is 4.86. The fraction of sp³-hybridized carbons (Fsp3) is 0. The molecular weight excluding hydrogens is 290 g/mol. The van der Waals surface area contributed by atoms with Crippen molar-refractivity contribution in [1.82, 2.24) is 0 Å². The minimum absolute atomic E-state index is 0.728. The number of nitriles is 1. The van der Waals surface area contributed by atoms with Crippen LogP contribution in [0, 0.1) is 11.3 Å². The Hall–Kier alpha value is -3.37. The van der Waals surface area contributed by atoms with Crippen molar-refractivity contribution in [2.75, 3.05) is 0 Å². The Morgan fingerprint density at radius 2 is 1.04 bits per heavy atom. The van der Waals surface area contributed by atoms with E-state index in [-0.39, 0.29) is 0 Å². The van der Waals surface area contributed by atoms with Crippen LogP contribution in [0.4, 0.5) is 0 Å². The van der Waals surface area contributed by atoms with E-state index in [9.17, 15) is 5.26 Å². The van der Waals surface area contributed by atoms with Gasteiger partial charge in [0.15, 0.2) is 0 Å². The van der Waals surface area contributed by atoms with Gasteiger partial charge < -0.3 is 0 Å². The highest BCUT2D eigenvalue weighted by Gasteiger charge is 2.10. The van der Waals surface area contributed by atoms with Gasteiger partial charge in [-0.3, -0.25) is 0 Å². The molecule has 0 bridgehead atoms. The number of benzene rings is 5. The predicted octanol–water partition coefficient (Wildman–Crippen LogP) is 6.17. The molecule has 1 nitrogen and oxygen atoms in total. The molecule has 0 aliphatic rings. The first kappa shape index (κ1) is 13.1. The van der Waals surface area contributed by atoms with Gasteiger partial charge in [-0.1, -0.05) is 60.7 Å². The van der Waals surface area contributed by atoms with Gasteiger partial charge in [-0.25, -0.2) is 0 Å². The van der Waals surface area contributed by atoms with E-state index in [1.165, 1.54) is 32.3 Å². The zero-order valence-electron chi connectivity index (χ0n) is 13.0. The maximum atomic E-state index is 9.44. The Balaban J connectivity index is 2.15. The van der Waals surface area contributed by atoms with E-state index in [0.29, 0.717) is 0 Å². The normalized spacial score (nSPS) is 11.3. The average molecular weight is 303 g/mol. The van der Waals surface area contributed by atoms with E-state index in [0.717, 1.165) is 16.3 Å². The summed E-state index contributed by atoms with van der Waals surface area (Å²) in [4.78, 5) is 0. The molecule has 5 aromatic carbocycles. The Labute approximate surface area is 139 Å². The van der Waals surface area contributed by atoms with Crippen molar-refractivity contribution in [3.63, 3.8) is 0 Å². The highest BCUT2D eigenvalue weighted by atomic mass is 14.2. The predicted molar refractivity (Wildman–Crippen MR) is 101 cm³/mol. The van der Waals surface area contributed by atoms with Gasteiger partial charge in [-0.2, -0.15) is 5.26 Å². The largest absolute Gasteiger partial charge is 0.192 e. The van der Waals surface area contributed by atoms with Crippen LogP contribution in [-0.4, -0.2) is 0 Å². The Bertz CT molecular complexity index is 1310. The molecule has 0 atom stereocenters. The van der Waals surface area contributed by atoms with Crippen molar-refractivity contribution in [3.05, 3.63) is 84.4 Å². The second-order valence-corrected chi connectivity index (χ2v) is 6.13. The van der Waals surface area contributed by atoms with E-state index in [4.69, 9.17) is 0 Å². The molecule has 0 radical (unpaired) electrons. The van der Waals surface area contributed by atoms with Crippen molar-refractivity contribution >= 4 is 43.1 Å². The van der Waals surface area contributed by atoms with Crippen molar-refractivity contribution in [1.29, 1.82) is 5.26 Å². The molecule has 0 aliphatic carbocycles. The molecule has 0 N–H and O–H groups in total. The standard InChI is InChI=1S/C23H13N/c24-14-16-7-5-6-15-12-22-19-10-3-1-8-17(19)18-9-2-4-11-20(18)23(22)13-21(15)16/h1-13H. The van der Waals surface area contributed by atoms with Gasteiger partial charge in [0.05, 0.1) is 11.6 Å². The summed E-state index contributed by atoms with van der Waals surface area (Å²) in [6.07, 6.45) is 0. The molecule has 24 heavy (non-hydrogen) atoms. The maximum absolute atomic E-state index is 9.44. The molecule has 0 amide bonds. The summed E-state index contributed by atoms with van der Waals surface area (Å²) < 4.78 is 0. The molecule has 0 unspecified atom stereocenters. The fourth-order valence-corrected chi connectivity index (χ4v) is 3.77. The van der Waals surface area contributed by atoms with Crippen LogP contribution >= 0.6 is 0 Å². The van der Waals surface area contributed by atoms with Crippen molar-refractivity contribution in [3.8, 4) is 6.07 Å². The van der Waals surface area contributed by atoms with Crippen LogP contribution in [0.5, 0.6) is 0 Å². The minimum Gasteiger partial charge on any atom is -0.192 e. The molecule has 0 saturated heterocycles. The maximum Gasteiger partial charge on any atom is 0.0998 e. The monoisotopic (exact) mass is 303 g/mol. The van der Waals surface area contributed by atoms with Gasteiger partial charge in [0.25, 0.3) is 0 Å². The Morgan fingerprint density at radius 1 is 0.500 bits per heavy atom. The summed E-state index contributed by atoms with van der Waals surface area (Å²) in [5.41, 5.74) is 0.728. The summed E-state index contributed by atoms with van der Waals surface area (Å²) in [6, 6.07) is 29.7. The molecule has 5 aromatic rings. The third kappa shape index (κ3) is 1.68. The lowest BCUT2D eigenvalue weighted by Gasteiger charge is -2.12. The number of hydrogen-bond acceptors (Lipinski definition) is 1. The van der Waals surface area contributed by atoms with E-state index in [2.05, 4.69) is 72.8 Å². The van der Waals surface area contributed by atoms with Gasteiger partial charge >= 0.3 is 0 Å². The summed E-state index contributed by atoms with van der Waals surface area (Å²) in [5.74, 6) is 0. The molecule has 5 rings (SSSR count). The van der Waals surface area contributed by atoms with Gasteiger partial charge in [0.1, 0.15) is 0 Å². The van der Waals surface area contributed by atoms with Crippen LogP contribution in [0.15, 0.2) is 78.9 Å². The molecule has 0 spiro atoms. The highest BCUT2D eigenvalue weighted by molar-refractivity contribution is 6.27. The van der Waals surface area contributed by atoms with Gasteiger partial charge in [-0.15, -0.1) is 0 Å². The van der Waals surface area contributed by atoms with Crippen LogP contribution in [0.1, 0.15) is 5.56 Å². The smallest absolute Gasteiger partial charge is 0.0998 e. The van der Waals surface area contributed by atoms with Crippen LogP contribution < -0.4 is 0 Å². The van der Waals surface area contributed by atoms with Crippen molar-refractivity contribution in [2.45, 2.75) is 0 Å². The Kier molecular flexibility index (Phi) is 2.63. The molecule has 0 fully saturated rings. The summed E-state index contributed by atoms with van der Waals surface area (Å²) in [6.45, 7) is 0. The zero-order valence-corrected chi connectivity index (χ0v) is 13.0. The topological polar surface area (TPSA) is 23.8 Å². The SMILES string of the molecule is N#Cc1cccc2cc3c4ccccc4c4ccccc4c3cc12. The third-order valence-corrected chi connectivity index (χ3v) is 4.86. The van der Waals surface area contributed by atoms with Crippen molar-refractivity contribution < 1.29 is 0 Å². The van der Waals surface area contributed by atoms with E-state index < -0.39 is 0 Å². The van der Waals surface area contributed by atoms with E-state index >= 15 is 0 Å². The molecule has 0 aromatic heterocycles. The quantitative estimate of drug-likeness (QED) is 0.248. The average Bonchev–Trinajstić information content (AvgIpc) is 2.66. The highest BCUT2D eigenvalue weighted by Crippen LogP contribution is 2.37. The van der Waals surface area contributed by atoms with Gasteiger partial charge in [0.2, 0.25) is 0 Å². The molecular formula is C23H13N. The molecule has 1 heteroatoms. The summed E-state index contributed by atoms with van der Waals surface area (Å²) >= 11 is 0. The van der Waals surface area contributed by atoms with Gasteiger partial charge in [-0.05, 0) is 55.9 Å². The Morgan fingerprint density at radius 3 is 1.62 bits per heavy atom. The fourth-order valence-electron chi connectivity index (χ4n) is 3.77. The first-order valence-electron chi connectivity index (χ1n) is 8.03. The summed E-state index contributed by atoms with van der Waals surface area (Å²) in [7, 11) is 0. The lowest BCUT2D eigenvalue weighted by molar-refractivity contribution is 1.51. The molecule has 0 saturated carbocycles. The number of fused-ring (bicyclic) bond motifs is 7. The van der Waals surface area contributed by atoms with Crippen LogP contribution in [-0.2, 0) is 0 Å². The number of rotatable bonds is 0. The lowest BCUT2D eigenvalue weighted by Crippen LogP contribution is -1.85. The minimum atomic E-state index is 0.728.